The second kappa shape index (κ2) is 19.3. The first kappa shape index (κ1) is 55.6. The molecular formula is C53H82N2O13Si2. The number of esters is 1. The van der Waals surface area contributed by atoms with Crippen molar-refractivity contribution < 1.29 is 57.0 Å². The van der Waals surface area contributed by atoms with E-state index in [4.69, 9.17) is 27.8 Å². The third-order valence-corrected chi connectivity index (χ3v) is 27.1. The number of nitrogens with one attached hydrogen (secondary N) is 1. The number of rotatable bonds is 9. The lowest BCUT2D eigenvalue weighted by Gasteiger charge is -2.57. The molecule has 70 heavy (non-hydrogen) atoms. The molecular weight excluding hydrogens is 929 g/mol. The average Bonchev–Trinajstić information content (AvgIpc) is 3.48. The lowest BCUT2D eigenvalue weighted by atomic mass is 9.49. The standard InChI is InChI=1S/C53H82N2O13Si2/c1-29-19-22-38(65-40-27-51(12,55(61)62)44(33(5)64-40)54-48(60)63-14)30(2)24-37-39(67-69(15,16)49(6,7)8)25-34(28-56)26-53(37)46(58)41(47(59)66-53)45(57)52(13)36(29)21-20-35-42(52)31(3)23-32(4)43(35)68-70(17,18)50(9,10)11/h19-21,24-25,28,31-33,35-40,42-44,57H,22-23,26-27H2,1-18H3,(H,54,60)/b29-19+,30-24-,45-41+/t31-,32-,33-,35-,36-,37+,38-,39-,40-,42+,43-,44?,51?,52+,53-/m0/s1. The first-order chi connectivity index (χ1) is 32.1. The highest BCUT2D eigenvalue weighted by Gasteiger charge is 2.65. The van der Waals surface area contributed by atoms with E-state index in [0.29, 0.717) is 11.9 Å². The first-order valence-corrected chi connectivity index (χ1v) is 31.0. The van der Waals surface area contributed by atoms with Gasteiger partial charge in [-0.25, -0.2) is 9.59 Å². The van der Waals surface area contributed by atoms with Gasteiger partial charge in [-0.05, 0) is 105 Å². The highest BCUT2D eigenvalue weighted by molar-refractivity contribution is 6.74. The molecule has 390 valence electrons. The van der Waals surface area contributed by atoms with Gasteiger partial charge in [-0.15, -0.1) is 0 Å². The smallest absolute Gasteiger partial charge is 0.407 e. The minimum atomic E-state index is -2.70. The lowest BCUT2D eigenvalue weighted by Crippen LogP contribution is -2.65. The molecule has 17 heteroatoms. The largest absolute Gasteiger partial charge is 0.511 e. The molecule has 6 aliphatic rings. The van der Waals surface area contributed by atoms with Crippen LogP contribution in [0, 0.1) is 51.0 Å². The topological polar surface area (TPSA) is 199 Å². The Balaban J connectivity index is 1.59. The highest BCUT2D eigenvalue weighted by Crippen LogP contribution is 2.61. The molecule has 2 N–H and O–H groups in total. The van der Waals surface area contributed by atoms with E-state index in [9.17, 15) is 29.6 Å². The summed E-state index contributed by atoms with van der Waals surface area (Å²) in [5, 5.41) is 28.3. The molecule has 1 saturated carbocycles. The average molecular weight is 1010 g/mol. The summed E-state index contributed by atoms with van der Waals surface area (Å²) >= 11 is 0. The number of carbonyl (C=O) groups excluding carboxylic acids is 4. The van der Waals surface area contributed by atoms with Crippen LogP contribution in [0.1, 0.15) is 116 Å². The van der Waals surface area contributed by atoms with Crippen molar-refractivity contribution in [1.82, 2.24) is 5.32 Å². The van der Waals surface area contributed by atoms with Gasteiger partial charge in [0.05, 0.1) is 43.9 Å². The summed E-state index contributed by atoms with van der Waals surface area (Å²) in [7, 11) is -3.85. The predicted octanol–water partition coefficient (Wildman–Crippen LogP) is 10.3. The van der Waals surface area contributed by atoms with Crippen LogP contribution in [0.15, 0.2) is 58.4 Å². The number of aldehydes is 1. The van der Waals surface area contributed by atoms with Crippen molar-refractivity contribution in [3.63, 3.8) is 0 Å². The molecule has 0 radical (unpaired) electrons. The summed E-state index contributed by atoms with van der Waals surface area (Å²) in [5.41, 5.74) is -3.70. The van der Waals surface area contributed by atoms with Gasteiger partial charge >= 0.3 is 12.1 Å². The van der Waals surface area contributed by atoms with Crippen LogP contribution >= 0.6 is 0 Å². The van der Waals surface area contributed by atoms with Crippen molar-refractivity contribution in [2.75, 3.05) is 7.11 Å². The van der Waals surface area contributed by atoms with Crippen LogP contribution in [0.5, 0.6) is 0 Å². The number of ether oxygens (including phenoxy) is 4. The van der Waals surface area contributed by atoms with Crippen molar-refractivity contribution in [2.24, 2.45) is 40.9 Å². The second-order valence-corrected chi connectivity index (χ2v) is 34.5. The Labute approximate surface area is 418 Å². The third-order valence-electron chi connectivity index (χ3n) is 18.1. The number of allylic oxidation sites excluding steroid dienone is 3. The van der Waals surface area contributed by atoms with Crippen LogP contribution in [-0.4, -0.2) is 106 Å². The fourth-order valence-electron chi connectivity index (χ4n) is 12.1. The highest BCUT2D eigenvalue weighted by atomic mass is 28.4. The van der Waals surface area contributed by atoms with Gasteiger partial charge < -0.3 is 38.2 Å². The van der Waals surface area contributed by atoms with Gasteiger partial charge in [0.15, 0.2) is 28.5 Å². The second-order valence-electron chi connectivity index (χ2n) is 24.9. The third kappa shape index (κ3) is 9.65. The number of Topliss-reactive ketones (excluding diaryl/α,β-unsaturated/α-hetero) is 1. The Bertz CT molecular complexity index is 2270. The number of amides is 1. The Morgan fingerprint density at radius 3 is 2.14 bits per heavy atom. The zero-order valence-electron chi connectivity index (χ0n) is 45.0. The Hall–Kier alpha value is -3.75. The van der Waals surface area contributed by atoms with E-state index < -0.39 is 104 Å². The zero-order valence-corrected chi connectivity index (χ0v) is 47.0. The number of nitrogens with zero attached hydrogens (tertiary/aromatic N) is 1. The SMILES string of the molecule is COC(=O)NC1[C@H](C)O[C@@H](O[C@H]2C/C=C(\C)[C@@H]3C=C[C@@H]4[C@@H](O[Si](C)(C)C(C)(C)C)[C@@H](C)C[C@H](C)[C@H]4[C@]3(C)/C(O)=C3\C(=O)O[C@]4(CC(C=O)=C[C@H](O[Si](C)(C)C(C)(C)C)[C@H]4/C=C\2C)C3=O)CC1(C)[N+](=O)[O-]. The zero-order chi connectivity index (χ0) is 52.6. The maximum Gasteiger partial charge on any atom is 0.407 e. The quantitative estimate of drug-likeness (QED) is 0.0421. The summed E-state index contributed by atoms with van der Waals surface area (Å²) in [6.07, 6.45) is 6.31. The molecule has 2 aliphatic heterocycles. The molecule has 2 heterocycles. The molecule has 4 aliphatic carbocycles. The summed E-state index contributed by atoms with van der Waals surface area (Å²) in [4.78, 5) is 68.5. The number of hydrogen-bond acceptors (Lipinski definition) is 13. The van der Waals surface area contributed by atoms with Crippen molar-refractivity contribution in [3.05, 3.63) is 68.5 Å². The molecule has 2 bridgehead atoms. The van der Waals surface area contributed by atoms with E-state index in [1.165, 1.54) is 14.0 Å². The molecule has 2 saturated heterocycles. The normalized spacial score (nSPS) is 41.0. The van der Waals surface area contributed by atoms with Crippen molar-refractivity contribution in [2.45, 2.75) is 200 Å². The number of nitro groups is 1. The number of aliphatic hydroxyl groups excluding tert-OH is 1. The van der Waals surface area contributed by atoms with Crippen LogP contribution in [0.3, 0.4) is 0 Å². The monoisotopic (exact) mass is 1010 g/mol. The van der Waals surface area contributed by atoms with E-state index in [0.717, 1.165) is 12.0 Å². The van der Waals surface area contributed by atoms with Gasteiger partial charge in [-0.3, -0.25) is 19.7 Å². The molecule has 6 rings (SSSR count). The summed E-state index contributed by atoms with van der Waals surface area (Å²) in [6, 6.07) is -1.06. The summed E-state index contributed by atoms with van der Waals surface area (Å²) < 4.78 is 38.9. The molecule has 2 unspecified atom stereocenters. The van der Waals surface area contributed by atoms with E-state index in [1.807, 2.05) is 26.8 Å². The first-order valence-electron chi connectivity index (χ1n) is 25.2. The number of aliphatic hydroxyl groups is 1. The maximum absolute atomic E-state index is 15.8. The fraction of sp³-hybridized carbons (Fsp3) is 0.736. The molecule has 3 fully saturated rings. The Kier molecular flexibility index (Phi) is 15.3. The number of hydrogen-bond donors (Lipinski definition) is 2. The molecule has 0 aromatic carbocycles. The minimum Gasteiger partial charge on any atom is -0.511 e. The molecule has 0 aromatic rings. The van der Waals surface area contributed by atoms with Crippen LogP contribution in [-0.2, 0) is 42.2 Å². The number of fused-ring (bicyclic) bond motifs is 4. The van der Waals surface area contributed by atoms with E-state index in [1.54, 1.807) is 13.0 Å². The maximum atomic E-state index is 15.8. The van der Waals surface area contributed by atoms with Crippen molar-refractivity contribution >= 4 is 40.8 Å². The Morgan fingerprint density at radius 1 is 0.957 bits per heavy atom. The van der Waals surface area contributed by atoms with E-state index >= 15 is 4.79 Å². The number of carbonyl (C=O) groups is 4. The van der Waals surface area contributed by atoms with Crippen LogP contribution in [0.25, 0.3) is 0 Å². The van der Waals surface area contributed by atoms with Gasteiger partial charge in [0.1, 0.15) is 23.7 Å². The van der Waals surface area contributed by atoms with Gasteiger partial charge in [0.2, 0.25) is 11.3 Å². The molecule has 1 amide bonds. The number of methoxy groups -OCH3 is 1. The van der Waals surface area contributed by atoms with Crippen LogP contribution < -0.4 is 5.32 Å². The van der Waals surface area contributed by atoms with E-state index in [-0.39, 0.29) is 70.4 Å². The van der Waals surface area contributed by atoms with Crippen molar-refractivity contribution in [1.29, 1.82) is 0 Å². The predicted molar refractivity (Wildman–Crippen MR) is 271 cm³/mol. The van der Waals surface area contributed by atoms with Crippen LogP contribution in [0.4, 0.5) is 4.79 Å². The van der Waals surface area contributed by atoms with Crippen molar-refractivity contribution in [3.8, 4) is 0 Å². The molecule has 15 atom stereocenters. The number of ketones is 1. The molecule has 1 spiro atoms. The van der Waals surface area contributed by atoms with Gasteiger partial charge in [0, 0.05) is 35.5 Å². The van der Waals surface area contributed by atoms with Gasteiger partial charge in [-0.1, -0.05) is 92.2 Å². The summed E-state index contributed by atoms with van der Waals surface area (Å²) in [6.45, 7) is 34.8. The summed E-state index contributed by atoms with van der Waals surface area (Å²) in [5.74, 6) is -3.84. The number of alkyl carbamates (subject to hydrolysis) is 1. The molecule has 15 nitrogen and oxygen atoms in total. The fourth-order valence-corrected chi connectivity index (χ4v) is 14.8. The Morgan fingerprint density at radius 2 is 1.57 bits per heavy atom. The van der Waals surface area contributed by atoms with Gasteiger partial charge in [0.25, 0.3) is 0 Å². The van der Waals surface area contributed by atoms with Gasteiger partial charge in [-0.2, -0.15) is 0 Å². The molecule has 0 aromatic heterocycles. The lowest BCUT2D eigenvalue weighted by molar-refractivity contribution is -0.584. The minimum absolute atomic E-state index is 0.0117. The van der Waals surface area contributed by atoms with E-state index in [2.05, 4.69) is 105 Å². The van der Waals surface area contributed by atoms with Crippen LogP contribution in [0.2, 0.25) is 36.3 Å².